The Morgan fingerprint density at radius 1 is 1.04 bits per heavy atom. The number of benzene rings is 1. The molecule has 23 heavy (non-hydrogen) atoms. The maximum absolute atomic E-state index is 12.4. The third-order valence-corrected chi connectivity index (χ3v) is 5.70. The number of carbonyl (C=O) groups is 1. The van der Waals surface area contributed by atoms with Gasteiger partial charge in [-0.1, -0.05) is 54.0 Å². The van der Waals surface area contributed by atoms with Gasteiger partial charge in [0, 0.05) is 6.04 Å². The Bertz CT molecular complexity index is 509. The van der Waals surface area contributed by atoms with Crippen LogP contribution >= 0.6 is 15.9 Å². The lowest BCUT2D eigenvalue weighted by atomic mass is 10.0. The average Bonchev–Trinajstić information content (AvgIpc) is 3.07. The molecule has 2 rings (SSSR count). The molecule has 128 valence electrons. The van der Waals surface area contributed by atoms with Gasteiger partial charge in [0.25, 0.3) is 0 Å². The minimum Gasteiger partial charge on any atom is -0.460 e. The van der Waals surface area contributed by atoms with Crippen LogP contribution in [0.2, 0.25) is 0 Å². The number of alkyl halides is 1. The number of halogens is 1. The molecule has 3 nitrogen and oxygen atoms in total. The van der Waals surface area contributed by atoms with Crippen LogP contribution in [0.25, 0.3) is 0 Å². The van der Waals surface area contributed by atoms with Crippen LogP contribution in [0.1, 0.15) is 62.4 Å². The fraction of sp³-hybridized carbons (Fsp3) is 0.632. The van der Waals surface area contributed by atoms with E-state index in [1.807, 2.05) is 19.1 Å². The van der Waals surface area contributed by atoms with Gasteiger partial charge in [-0.15, -0.1) is 0 Å². The highest BCUT2D eigenvalue weighted by molar-refractivity contribution is 9.09. The number of carbonyl (C=O) groups excluding carboxylic acids is 1. The quantitative estimate of drug-likeness (QED) is 0.529. The SMILES string of the molecule is CC(C)c1ccc(C(Br)C(=O)O[C@H](C)C(C)N2CCCC2)cc1. The van der Waals surface area contributed by atoms with E-state index < -0.39 is 4.83 Å². The second-order valence-electron chi connectivity index (χ2n) is 6.81. The van der Waals surface area contributed by atoms with E-state index in [9.17, 15) is 4.79 Å². The maximum atomic E-state index is 12.4. The minimum atomic E-state index is -0.406. The number of likely N-dealkylation sites (tertiary alicyclic amines) is 1. The second kappa shape index (κ2) is 8.29. The van der Waals surface area contributed by atoms with E-state index in [0.29, 0.717) is 5.92 Å². The first-order chi connectivity index (χ1) is 10.9. The van der Waals surface area contributed by atoms with Crippen molar-refractivity contribution in [2.24, 2.45) is 0 Å². The van der Waals surface area contributed by atoms with Crippen LogP contribution in [0.5, 0.6) is 0 Å². The molecule has 4 heteroatoms. The largest absolute Gasteiger partial charge is 0.460 e. The average molecular weight is 382 g/mol. The summed E-state index contributed by atoms with van der Waals surface area (Å²) in [5.41, 5.74) is 2.22. The highest BCUT2D eigenvalue weighted by Crippen LogP contribution is 2.27. The van der Waals surface area contributed by atoms with Crippen LogP contribution < -0.4 is 0 Å². The van der Waals surface area contributed by atoms with Crippen molar-refractivity contribution in [3.05, 3.63) is 35.4 Å². The lowest BCUT2D eigenvalue weighted by Crippen LogP contribution is -2.40. The number of hydrogen-bond acceptors (Lipinski definition) is 3. The molecule has 1 aromatic rings. The molecular weight excluding hydrogens is 354 g/mol. The van der Waals surface area contributed by atoms with Crippen LogP contribution in [0, 0.1) is 0 Å². The summed E-state index contributed by atoms with van der Waals surface area (Å²) in [6.45, 7) is 10.7. The molecule has 0 aromatic heterocycles. The molecule has 1 aromatic carbocycles. The van der Waals surface area contributed by atoms with Gasteiger partial charge in [-0.25, -0.2) is 0 Å². The van der Waals surface area contributed by atoms with Crippen molar-refractivity contribution in [2.75, 3.05) is 13.1 Å². The van der Waals surface area contributed by atoms with Crippen molar-refractivity contribution < 1.29 is 9.53 Å². The maximum Gasteiger partial charge on any atom is 0.324 e. The van der Waals surface area contributed by atoms with Gasteiger partial charge in [-0.3, -0.25) is 9.69 Å². The first-order valence-corrected chi connectivity index (χ1v) is 9.50. The summed E-state index contributed by atoms with van der Waals surface area (Å²) < 4.78 is 5.69. The smallest absolute Gasteiger partial charge is 0.324 e. The van der Waals surface area contributed by atoms with Gasteiger partial charge in [-0.2, -0.15) is 0 Å². The summed E-state index contributed by atoms with van der Waals surface area (Å²) in [5, 5.41) is 0. The number of nitrogens with zero attached hydrogens (tertiary/aromatic N) is 1. The third kappa shape index (κ3) is 4.80. The predicted octanol–water partition coefficient (Wildman–Crippen LogP) is 4.66. The molecule has 0 aliphatic carbocycles. The van der Waals surface area contributed by atoms with Crippen LogP contribution in [0.3, 0.4) is 0 Å². The van der Waals surface area contributed by atoms with Crippen molar-refractivity contribution in [1.82, 2.24) is 4.90 Å². The van der Waals surface area contributed by atoms with Crippen LogP contribution in [-0.2, 0) is 9.53 Å². The van der Waals surface area contributed by atoms with E-state index in [2.05, 4.69) is 53.7 Å². The summed E-state index contributed by atoms with van der Waals surface area (Å²) in [4.78, 5) is 14.4. The number of hydrogen-bond donors (Lipinski definition) is 0. The molecule has 0 saturated carbocycles. The first kappa shape index (κ1) is 18.5. The molecule has 1 aliphatic heterocycles. The van der Waals surface area contributed by atoms with Gasteiger partial charge in [0.1, 0.15) is 10.9 Å². The Kier molecular flexibility index (Phi) is 6.66. The van der Waals surface area contributed by atoms with Gasteiger partial charge < -0.3 is 4.74 Å². The fourth-order valence-corrected chi connectivity index (χ4v) is 3.39. The van der Waals surface area contributed by atoms with E-state index in [1.54, 1.807) is 0 Å². The Labute approximate surface area is 148 Å². The Morgan fingerprint density at radius 3 is 2.09 bits per heavy atom. The molecule has 1 heterocycles. The lowest BCUT2D eigenvalue weighted by Gasteiger charge is -2.29. The Morgan fingerprint density at radius 2 is 1.57 bits per heavy atom. The summed E-state index contributed by atoms with van der Waals surface area (Å²) in [5.74, 6) is 0.284. The van der Waals surface area contributed by atoms with Crippen LogP contribution in [-0.4, -0.2) is 36.1 Å². The molecule has 1 aliphatic rings. The van der Waals surface area contributed by atoms with Gasteiger partial charge in [0.2, 0.25) is 0 Å². The lowest BCUT2D eigenvalue weighted by molar-refractivity contribution is -0.150. The zero-order chi connectivity index (χ0) is 17.0. The molecular formula is C19H28BrNO2. The minimum absolute atomic E-state index is 0.101. The molecule has 0 radical (unpaired) electrons. The number of rotatable bonds is 6. The number of esters is 1. The van der Waals surface area contributed by atoms with E-state index in [1.165, 1.54) is 18.4 Å². The van der Waals surface area contributed by atoms with Crippen molar-refractivity contribution in [3.63, 3.8) is 0 Å². The Balaban J connectivity index is 1.93. The van der Waals surface area contributed by atoms with Gasteiger partial charge in [0.05, 0.1) is 0 Å². The molecule has 0 bridgehead atoms. The standard InChI is InChI=1S/C19H28BrNO2/c1-13(2)16-7-9-17(10-8-16)18(20)19(22)23-15(4)14(3)21-11-5-6-12-21/h7-10,13-15,18H,5-6,11-12H2,1-4H3/t14?,15-,18?/m1/s1. The molecule has 0 N–H and O–H groups in total. The van der Waals surface area contributed by atoms with Crippen molar-refractivity contribution >= 4 is 21.9 Å². The highest BCUT2D eigenvalue weighted by atomic mass is 79.9. The zero-order valence-electron chi connectivity index (χ0n) is 14.6. The van der Waals surface area contributed by atoms with Crippen molar-refractivity contribution in [2.45, 2.75) is 63.4 Å². The summed E-state index contributed by atoms with van der Waals surface area (Å²) in [7, 11) is 0. The molecule has 0 spiro atoms. The van der Waals surface area contributed by atoms with E-state index in [4.69, 9.17) is 4.74 Å². The van der Waals surface area contributed by atoms with E-state index in [-0.39, 0.29) is 18.1 Å². The summed E-state index contributed by atoms with van der Waals surface area (Å²) >= 11 is 3.49. The first-order valence-electron chi connectivity index (χ1n) is 8.58. The topological polar surface area (TPSA) is 29.5 Å². The van der Waals surface area contributed by atoms with Crippen molar-refractivity contribution in [1.29, 1.82) is 0 Å². The fourth-order valence-electron chi connectivity index (χ4n) is 2.97. The highest BCUT2D eigenvalue weighted by Gasteiger charge is 2.28. The number of ether oxygens (including phenoxy) is 1. The van der Waals surface area contributed by atoms with Crippen molar-refractivity contribution in [3.8, 4) is 0 Å². The second-order valence-corrected chi connectivity index (χ2v) is 7.73. The summed E-state index contributed by atoms with van der Waals surface area (Å²) in [6, 6.07) is 8.44. The molecule has 1 saturated heterocycles. The zero-order valence-corrected chi connectivity index (χ0v) is 16.2. The monoisotopic (exact) mass is 381 g/mol. The molecule has 3 atom stereocenters. The van der Waals surface area contributed by atoms with E-state index >= 15 is 0 Å². The normalized spacial score (nSPS) is 19.6. The van der Waals surface area contributed by atoms with E-state index in [0.717, 1.165) is 18.7 Å². The third-order valence-electron chi connectivity index (χ3n) is 4.80. The van der Waals surface area contributed by atoms with Gasteiger partial charge in [0.15, 0.2) is 0 Å². The molecule has 0 amide bonds. The predicted molar refractivity (Wildman–Crippen MR) is 98.0 cm³/mol. The molecule has 1 fully saturated rings. The Hall–Kier alpha value is -0.870. The van der Waals surface area contributed by atoms with Gasteiger partial charge >= 0.3 is 5.97 Å². The van der Waals surface area contributed by atoms with Crippen LogP contribution in [0.4, 0.5) is 0 Å². The summed E-state index contributed by atoms with van der Waals surface area (Å²) in [6.07, 6.45) is 2.39. The van der Waals surface area contributed by atoms with Crippen LogP contribution in [0.15, 0.2) is 24.3 Å². The molecule has 2 unspecified atom stereocenters. The van der Waals surface area contributed by atoms with Gasteiger partial charge in [-0.05, 0) is 56.8 Å².